The molecule has 1 aromatic carbocycles. The molecule has 0 radical (unpaired) electrons. The molecule has 5 N–H and O–H groups in total. The van der Waals surface area contributed by atoms with Crippen LogP contribution in [0.5, 0.6) is 0 Å². The maximum absolute atomic E-state index is 11.7. The Morgan fingerprint density at radius 2 is 2.00 bits per heavy atom. The Kier molecular flexibility index (Phi) is 6.55. The number of thiophene rings is 1. The number of primary amides is 1. The van der Waals surface area contributed by atoms with Gasteiger partial charge < -0.3 is 16.9 Å². The van der Waals surface area contributed by atoms with Crippen LogP contribution in [-0.2, 0) is 4.79 Å². The fourth-order valence-electron chi connectivity index (χ4n) is 3.65. The molecule has 2 aromatic rings. The van der Waals surface area contributed by atoms with Crippen molar-refractivity contribution in [1.29, 1.82) is 10.7 Å². The van der Waals surface area contributed by atoms with Crippen LogP contribution in [0.1, 0.15) is 35.7 Å². The second-order valence-electron chi connectivity index (χ2n) is 7.30. The van der Waals surface area contributed by atoms with Crippen LogP contribution in [0.2, 0.25) is 17.7 Å². The number of nitrogens with two attached hydrogens (primary N) is 2. The van der Waals surface area contributed by atoms with Gasteiger partial charge in [0.1, 0.15) is 6.04 Å². The predicted octanol–water partition coefficient (Wildman–Crippen LogP) is 4.28. The van der Waals surface area contributed by atoms with Gasteiger partial charge in [0.15, 0.2) is 0 Å². The molecule has 0 bridgehead atoms. The molecule has 1 unspecified atom stereocenters. The molecule has 28 heavy (non-hydrogen) atoms. The summed E-state index contributed by atoms with van der Waals surface area (Å²) in [7, 11) is 0. The molecule has 1 saturated heterocycles. The monoisotopic (exact) mass is 412 g/mol. The minimum Gasteiger partial charge on any atom is -0.368 e. The number of carbonyl (C=O) groups excluding carboxylic acids is 1. The van der Waals surface area contributed by atoms with Crippen LogP contribution in [0.3, 0.4) is 0 Å². The minimum absolute atomic E-state index is 0.141. The van der Waals surface area contributed by atoms with Crippen molar-refractivity contribution in [2.24, 2.45) is 17.4 Å². The normalized spacial score (nSPS) is 15.8. The van der Waals surface area contributed by atoms with Crippen molar-refractivity contribution in [2.75, 3.05) is 0 Å². The zero-order valence-electron chi connectivity index (χ0n) is 15.5. The average molecular weight is 413 g/mol. The molecule has 1 aliphatic rings. The molecule has 2 heterocycles. The highest BCUT2D eigenvalue weighted by Crippen LogP contribution is 2.37. The largest absolute Gasteiger partial charge is 0.368 e. The molecule has 144 valence electrons. The molecule has 1 fully saturated rings. The van der Waals surface area contributed by atoms with Crippen LogP contribution >= 0.6 is 22.9 Å². The fraction of sp³-hybridized carbons (Fsp3) is 0.350. The molecular formula is C20H22BClN4OS. The lowest BCUT2D eigenvalue weighted by Crippen LogP contribution is -2.29. The first-order chi connectivity index (χ1) is 13.4. The molecule has 0 aliphatic carbocycles. The summed E-state index contributed by atoms with van der Waals surface area (Å²) in [5.74, 6) is 2.12. The summed E-state index contributed by atoms with van der Waals surface area (Å²) in [5.41, 5.74) is 13.6. The summed E-state index contributed by atoms with van der Waals surface area (Å²) in [4.78, 5) is 13.3. The van der Waals surface area contributed by atoms with Gasteiger partial charge in [-0.05, 0) is 36.1 Å². The van der Waals surface area contributed by atoms with E-state index in [4.69, 9.17) is 33.7 Å². The van der Waals surface area contributed by atoms with Gasteiger partial charge in [-0.1, -0.05) is 49.2 Å². The van der Waals surface area contributed by atoms with E-state index in [-0.39, 0.29) is 6.71 Å². The number of hydrogen-bond acceptors (Lipinski definition) is 5. The summed E-state index contributed by atoms with van der Waals surface area (Å²) in [6.45, 7) is 0.141. The van der Waals surface area contributed by atoms with E-state index < -0.39 is 11.9 Å². The summed E-state index contributed by atoms with van der Waals surface area (Å²) in [6.07, 6.45) is 4.30. The Labute approximate surface area is 174 Å². The second kappa shape index (κ2) is 8.91. The predicted molar refractivity (Wildman–Crippen MR) is 116 cm³/mol. The molecule has 0 saturated carbocycles. The Morgan fingerprint density at radius 1 is 1.36 bits per heavy atom. The molecule has 8 heteroatoms. The van der Waals surface area contributed by atoms with Crippen molar-refractivity contribution in [2.45, 2.75) is 37.9 Å². The number of amides is 1. The fourth-order valence-corrected chi connectivity index (χ4v) is 4.98. The highest BCUT2D eigenvalue weighted by atomic mass is 35.5. The van der Waals surface area contributed by atoms with Crippen molar-refractivity contribution >= 4 is 41.3 Å². The molecule has 5 nitrogen and oxygen atoms in total. The number of halogens is 1. The summed E-state index contributed by atoms with van der Waals surface area (Å²) < 4.78 is 0. The van der Waals surface area contributed by atoms with Gasteiger partial charge in [0, 0.05) is 32.0 Å². The quantitative estimate of drug-likeness (QED) is 0.485. The Bertz CT molecular complexity index is 913. The van der Waals surface area contributed by atoms with E-state index in [2.05, 4.69) is 5.97 Å². The lowest BCUT2D eigenvalue weighted by Gasteiger charge is -2.23. The van der Waals surface area contributed by atoms with E-state index in [0.717, 1.165) is 35.9 Å². The van der Waals surface area contributed by atoms with Crippen LogP contribution < -0.4 is 11.5 Å². The van der Waals surface area contributed by atoms with Gasteiger partial charge in [-0.3, -0.25) is 4.79 Å². The Morgan fingerprint density at radius 3 is 2.57 bits per heavy atom. The highest BCUT2D eigenvalue weighted by molar-refractivity contribution is 7.16. The highest BCUT2D eigenvalue weighted by Gasteiger charge is 2.27. The maximum Gasteiger partial charge on any atom is 0.267 e. The second-order valence-corrected chi connectivity index (χ2v) is 8.83. The minimum atomic E-state index is -0.935. The van der Waals surface area contributed by atoms with E-state index in [9.17, 15) is 4.79 Å². The molecular weight excluding hydrogens is 391 g/mol. The van der Waals surface area contributed by atoms with Crippen LogP contribution in [0.15, 0.2) is 30.3 Å². The molecule has 1 atom stereocenters. The van der Waals surface area contributed by atoms with Gasteiger partial charge in [0.2, 0.25) is 5.91 Å². The van der Waals surface area contributed by atoms with Gasteiger partial charge >= 0.3 is 0 Å². The first-order valence-electron chi connectivity index (χ1n) is 9.31. The number of rotatable bonds is 6. The van der Waals surface area contributed by atoms with Crippen molar-refractivity contribution in [3.8, 4) is 16.4 Å². The zero-order valence-corrected chi connectivity index (χ0v) is 17.0. The van der Waals surface area contributed by atoms with Gasteiger partial charge in [0.25, 0.3) is 6.71 Å². The van der Waals surface area contributed by atoms with Gasteiger partial charge in [-0.25, -0.2) is 5.26 Å². The first-order valence-corrected chi connectivity index (χ1v) is 10.5. The number of nitrogens with one attached hydrogen (secondary N) is 1. The lowest BCUT2D eigenvalue weighted by atomic mass is 9.41. The van der Waals surface area contributed by atoms with Crippen molar-refractivity contribution in [3.05, 3.63) is 45.8 Å². The molecule has 3 rings (SSSR count). The summed E-state index contributed by atoms with van der Waals surface area (Å²) >= 11 is 7.37. The Balaban J connectivity index is 1.85. The number of benzene rings is 1. The van der Waals surface area contributed by atoms with Crippen LogP contribution in [0.4, 0.5) is 0 Å². The summed E-state index contributed by atoms with van der Waals surface area (Å²) in [5, 5.41) is 18.4. The smallest absolute Gasteiger partial charge is 0.267 e. The molecule has 1 aliphatic heterocycles. The number of nitrogens with zero attached hydrogens (tertiary/aromatic N) is 1. The van der Waals surface area contributed by atoms with Crippen LogP contribution in [0.25, 0.3) is 10.4 Å². The average Bonchev–Trinajstić information content (AvgIpc) is 3.14. The first kappa shape index (κ1) is 20.6. The van der Waals surface area contributed by atoms with Crippen molar-refractivity contribution < 1.29 is 4.79 Å². The van der Waals surface area contributed by atoms with Crippen molar-refractivity contribution in [3.63, 3.8) is 0 Å². The molecule has 0 spiro atoms. The van der Waals surface area contributed by atoms with Crippen molar-refractivity contribution in [1.82, 2.24) is 0 Å². The van der Waals surface area contributed by atoms with Gasteiger partial charge in [0.05, 0.1) is 0 Å². The van der Waals surface area contributed by atoms with E-state index in [1.807, 2.05) is 30.3 Å². The molecule has 1 amide bonds. The topological polar surface area (TPSA) is 117 Å². The van der Waals surface area contributed by atoms with E-state index in [0.29, 0.717) is 33.5 Å². The van der Waals surface area contributed by atoms with E-state index >= 15 is 0 Å². The van der Waals surface area contributed by atoms with E-state index in [1.165, 1.54) is 11.3 Å². The lowest BCUT2D eigenvalue weighted by molar-refractivity contribution is -0.119. The number of nitriles is 1. The van der Waals surface area contributed by atoms with Gasteiger partial charge in [-0.15, -0.1) is 11.3 Å². The molecule has 1 aromatic heterocycles. The standard InChI is InChI=1S/C20H22BClN4OS/c22-14-3-1-13(2-4-14)17-10-15(19(28-17)18(25)20(26)27)16(24)9-12-5-7-21(11-23)8-6-12/h1-4,10,12,18,24H,5-9,25H2,(H2,26,27). The van der Waals surface area contributed by atoms with E-state index in [1.54, 1.807) is 0 Å². The summed E-state index contributed by atoms with van der Waals surface area (Å²) in [6, 6.07) is 8.42. The SMILES string of the molecule is N#CB1CCC(CC(=N)c2cc(-c3ccc(Cl)cc3)sc2C(N)C(N)=O)CC1. The van der Waals surface area contributed by atoms with Gasteiger partial charge in [-0.2, -0.15) is 0 Å². The third-order valence-corrected chi connectivity index (χ3v) is 6.84. The maximum atomic E-state index is 11.7. The van der Waals surface area contributed by atoms with Crippen LogP contribution in [-0.4, -0.2) is 18.3 Å². The zero-order chi connectivity index (χ0) is 20.3. The third-order valence-electron chi connectivity index (χ3n) is 5.33. The Hall–Kier alpha value is -2.14. The third kappa shape index (κ3) is 4.64. The van der Waals surface area contributed by atoms with Crippen LogP contribution in [0, 0.1) is 22.6 Å². The number of hydrogen-bond donors (Lipinski definition) is 3. The number of carbonyl (C=O) groups is 1.